The quantitative estimate of drug-likeness (QED) is 0.793. The third kappa shape index (κ3) is 3.84. The molecule has 1 saturated heterocycles. The van der Waals surface area contributed by atoms with Crippen molar-refractivity contribution in [3.05, 3.63) is 28.7 Å². The molecular formula is C15H16N2O5S. The standard InChI is InChI=1S/C15H16N2O5S/c1-3-17-14(19)12(23-15(17)20)7-9-4-5-10(11(6-9)21-2)22-8-13(16)18/h4-7H,3,8H2,1-2H3,(H2,16,18). The highest BCUT2D eigenvalue weighted by Gasteiger charge is 2.33. The number of methoxy groups -OCH3 is 1. The summed E-state index contributed by atoms with van der Waals surface area (Å²) in [6.07, 6.45) is 1.61. The molecule has 0 aliphatic carbocycles. The van der Waals surface area contributed by atoms with E-state index in [1.165, 1.54) is 12.0 Å². The van der Waals surface area contributed by atoms with Crippen molar-refractivity contribution in [2.75, 3.05) is 20.3 Å². The Hall–Kier alpha value is -2.48. The van der Waals surface area contributed by atoms with Gasteiger partial charge in [-0.15, -0.1) is 0 Å². The zero-order valence-corrected chi connectivity index (χ0v) is 13.5. The maximum atomic E-state index is 12.1. The Balaban J connectivity index is 2.24. The molecule has 0 saturated carbocycles. The summed E-state index contributed by atoms with van der Waals surface area (Å²) in [4.78, 5) is 36.0. The molecular weight excluding hydrogens is 320 g/mol. The number of nitrogens with two attached hydrogens (primary N) is 1. The summed E-state index contributed by atoms with van der Waals surface area (Å²) in [5.74, 6) is -0.139. The molecule has 1 aromatic rings. The first-order chi connectivity index (χ1) is 11.0. The Morgan fingerprint density at radius 3 is 2.65 bits per heavy atom. The zero-order valence-electron chi connectivity index (χ0n) is 12.7. The van der Waals surface area contributed by atoms with Gasteiger partial charge in [-0.05, 0) is 42.5 Å². The van der Waals surface area contributed by atoms with Crippen LogP contribution in [0.2, 0.25) is 0 Å². The monoisotopic (exact) mass is 336 g/mol. The minimum Gasteiger partial charge on any atom is -0.493 e. The molecule has 1 aliphatic rings. The lowest BCUT2D eigenvalue weighted by atomic mass is 10.2. The lowest BCUT2D eigenvalue weighted by Gasteiger charge is -2.10. The second-order valence-corrected chi connectivity index (χ2v) is 5.58. The first-order valence-corrected chi connectivity index (χ1v) is 7.62. The second kappa shape index (κ2) is 7.19. The van der Waals surface area contributed by atoms with E-state index >= 15 is 0 Å². The van der Waals surface area contributed by atoms with Crippen molar-refractivity contribution in [1.29, 1.82) is 0 Å². The molecule has 23 heavy (non-hydrogen) atoms. The van der Waals surface area contributed by atoms with E-state index in [0.29, 0.717) is 28.5 Å². The van der Waals surface area contributed by atoms with Crippen molar-refractivity contribution in [3.8, 4) is 11.5 Å². The van der Waals surface area contributed by atoms with Gasteiger partial charge in [0.15, 0.2) is 18.1 Å². The summed E-state index contributed by atoms with van der Waals surface area (Å²) in [5, 5.41) is -0.280. The van der Waals surface area contributed by atoms with Gasteiger partial charge in [0, 0.05) is 6.54 Å². The third-order valence-corrected chi connectivity index (χ3v) is 3.95. The average Bonchev–Trinajstić information content (AvgIpc) is 2.79. The van der Waals surface area contributed by atoms with Crippen LogP contribution in [0.25, 0.3) is 6.08 Å². The maximum Gasteiger partial charge on any atom is 0.293 e. The number of thioether (sulfide) groups is 1. The molecule has 0 bridgehead atoms. The molecule has 1 fully saturated rings. The number of rotatable bonds is 6. The van der Waals surface area contributed by atoms with E-state index in [1.807, 2.05) is 0 Å². The van der Waals surface area contributed by atoms with Gasteiger partial charge in [0.25, 0.3) is 17.1 Å². The molecule has 2 N–H and O–H groups in total. The Morgan fingerprint density at radius 1 is 1.35 bits per heavy atom. The Labute approximate surface area is 137 Å². The molecule has 1 aliphatic heterocycles. The van der Waals surface area contributed by atoms with Crippen molar-refractivity contribution in [2.45, 2.75) is 6.92 Å². The van der Waals surface area contributed by atoms with Gasteiger partial charge in [-0.1, -0.05) is 6.07 Å². The number of hydrogen-bond acceptors (Lipinski definition) is 6. The molecule has 8 heteroatoms. The SMILES string of the molecule is CCN1C(=O)SC(=Cc2ccc(OCC(N)=O)c(OC)c2)C1=O. The summed E-state index contributed by atoms with van der Waals surface area (Å²) in [5.41, 5.74) is 5.71. The fourth-order valence-electron chi connectivity index (χ4n) is 1.97. The van der Waals surface area contributed by atoms with Gasteiger partial charge < -0.3 is 15.2 Å². The largest absolute Gasteiger partial charge is 0.493 e. The predicted octanol–water partition coefficient (Wildman–Crippen LogP) is 1.62. The van der Waals surface area contributed by atoms with Crippen molar-refractivity contribution >= 4 is 34.9 Å². The highest BCUT2D eigenvalue weighted by molar-refractivity contribution is 8.18. The minimum atomic E-state index is -0.593. The number of amides is 3. The van der Waals surface area contributed by atoms with Crippen LogP contribution < -0.4 is 15.2 Å². The molecule has 0 aromatic heterocycles. The summed E-state index contributed by atoms with van der Waals surface area (Å²) in [6.45, 7) is 1.82. The number of likely N-dealkylation sites (N-methyl/N-ethyl adjacent to an activating group) is 1. The van der Waals surface area contributed by atoms with E-state index in [9.17, 15) is 14.4 Å². The van der Waals surface area contributed by atoms with Crippen LogP contribution in [0.4, 0.5) is 4.79 Å². The number of hydrogen-bond donors (Lipinski definition) is 1. The fraction of sp³-hybridized carbons (Fsp3) is 0.267. The van der Waals surface area contributed by atoms with Gasteiger partial charge in [-0.2, -0.15) is 0 Å². The summed E-state index contributed by atoms with van der Waals surface area (Å²) in [6, 6.07) is 4.95. The van der Waals surface area contributed by atoms with E-state index in [0.717, 1.165) is 11.8 Å². The molecule has 0 spiro atoms. The molecule has 3 amide bonds. The van der Waals surface area contributed by atoms with Gasteiger partial charge in [0.05, 0.1) is 12.0 Å². The molecule has 1 aromatic carbocycles. The van der Waals surface area contributed by atoms with Crippen LogP contribution >= 0.6 is 11.8 Å². The number of imide groups is 1. The zero-order chi connectivity index (χ0) is 17.0. The maximum absolute atomic E-state index is 12.1. The first-order valence-electron chi connectivity index (χ1n) is 6.80. The first kappa shape index (κ1) is 16.9. The van der Waals surface area contributed by atoms with Crippen molar-refractivity contribution in [1.82, 2.24) is 4.90 Å². The Kier molecular flexibility index (Phi) is 5.28. The lowest BCUT2D eigenvalue weighted by Crippen LogP contribution is -2.27. The third-order valence-electron chi connectivity index (χ3n) is 3.05. The summed E-state index contributed by atoms with van der Waals surface area (Å²) in [7, 11) is 1.46. The lowest BCUT2D eigenvalue weighted by molar-refractivity contribution is -0.122. The van der Waals surface area contributed by atoms with Crippen LogP contribution in [-0.4, -0.2) is 42.2 Å². The number of carbonyl (C=O) groups excluding carboxylic acids is 3. The van der Waals surface area contributed by atoms with Gasteiger partial charge in [-0.25, -0.2) is 0 Å². The molecule has 7 nitrogen and oxygen atoms in total. The van der Waals surface area contributed by atoms with Crippen LogP contribution in [0.5, 0.6) is 11.5 Å². The minimum absolute atomic E-state index is 0.259. The fourth-order valence-corrected chi connectivity index (χ4v) is 2.87. The highest BCUT2D eigenvalue weighted by atomic mass is 32.2. The normalized spacial score (nSPS) is 16.1. The topological polar surface area (TPSA) is 98.9 Å². The molecule has 0 radical (unpaired) electrons. The van der Waals surface area contributed by atoms with E-state index < -0.39 is 5.91 Å². The summed E-state index contributed by atoms with van der Waals surface area (Å²) >= 11 is 0.898. The number of carbonyl (C=O) groups is 3. The number of benzene rings is 1. The molecule has 1 heterocycles. The predicted molar refractivity (Wildman–Crippen MR) is 86.0 cm³/mol. The average molecular weight is 336 g/mol. The van der Waals surface area contributed by atoms with E-state index in [2.05, 4.69) is 0 Å². The number of ether oxygens (including phenoxy) is 2. The van der Waals surface area contributed by atoms with Gasteiger partial charge in [0.1, 0.15) is 0 Å². The second-order valence-electron chi connectivity index (χ2n) is 4.59. The van der Waals surface area contributed by atoms with Crippen LogP contribution in [-0.2, 0) is 9.59 Å². The Morgan fingerprint density at radius 2 is 2.09 bits per heavy atom. The van der Waals surface area contributed by atoms with Crippen LogP contribution in [0.15, 0.2) is 23.1 Å². The van der Waals surface area contributed by atoms with E-state index in [4.69, 9.17) is 15.2 Å². The number of primary amides is 1. The van der Waals surface area contributed by atoms with Crippen molar-refractivity contribution in [3.63, 3.8) is 0 Å². The molecule has 0 unspecified atom stereocenters. The highest BCUT2D eigenvalue weighted by Crippen LogP contribution is 2.34. The van der Waals surface area contributed by atoms with Crippen LogP contribution in [0.1, 0.15) is 12.5 Å². The summed E-state index contributed by atoms with van der Waals surface area (Å²) < 4.78 is 10.4. The van der Waals surface area contributed by atoms with E-state index in [-0.39, 0.29) is 17.8 Å². The number of nitrogens with zero attached hydrogens (tertiary/aromatic N) is 1. The smallest absolute Gasteiger partial charge is 0.293 e. The van der Waals surface area contributed by atoms with Crippen LogP contribution in [0, 0.1) is 0 Å². The molecule has 0 atom stereocenters. The molecule has 122 valence electrons. The van der Waals surface area contributed by atoms with Crippen LogP contribution in [0.3, 0.4) is 0 Å². The van der Waals surface area contributed by atoms with Gasteiger partial charge >= 0.3 is 0 Å². The molecule has 2 rings (SSSR count). The van der Waals surface area contributed by atoms with E-state index in [1.54, 1.807) is 31.2 Å². The van der Waals surface area contributed by atoms with Gasteiger partial charge in [-0.3, -0.25) is 19.3 Å². The van der Waals surface area contributed by atoms with Crippen molar-refractivity contribution < 1.29 is 23.9 Å². The van der Waals surface area contributed by atoms with Gasteiger partial charge in [0.2, 0.25) is 0 Å². The Bertz CT molecular complexity index is 686. The van der Waals surface area contributed by atoms with Crippen molar-refractivity contribution in [2.24, 2.45) is 5.73 Å².